The molecule has 0 saturated heterocycles. The van der Waals surface area contributed by atoms with Crippen LogP contribution < -0.4 is 0 Å². The maximum atomic E-state index is 12.2. The molecule has 22 heavy (non-hydrogen) atoms. The fourth-order valence-electron chi connectivity index (χ4n) is 2.18. The van der Waals surface area contributed by atoms with E-state index < -0.39 is 0 Å². The van der Waals surface area contributed by atoms with Crippen molar-refractivity contribution in [3.8, 4) is 0 Å². The monoisotopic (exact) mass is 385 g/mol. The summed E-state index contributed by atoms with van der Waals surface area (Å²) in [6.45, 7) is 2.05. The molecule has 0 saturated carbocycles. The molecule has 1 heterocycles. The number of hydrogen-bond donors (Lipinski definition) is 1. The van der Waals surface area contributed by atoms with Crippen LogP contribution in [0.4, 0.5) is 0 Å². The van der Waals surface area contributed by atoms with E-state index in [1.54, 1.807) is 7.05 Å². The molecule has 118 valence electrons. The molecule has 0 aliphatic rings. The van der Waals surface area contributed by atoms with E-state index >= 15 is 0 Å². The van der Waals surface area contributed by atoms with Gasteiger partial charge in [-0.3, -0.25) is 14.7 Å². The zero-order valence-corrected chi connectivity index (χ0v) is 15.0. The Hall–Kier alpha value is -1.37. The lowest BCUT2D eigenvalue weighted by atomic mass is 10.0. The Bertz CT molecular complexity index is 687. The zero-order chi connectivity index (χ0) is 16.3. The summed E-state index contributed by atoms with van der Waals surface area (Å²) in [7, 11) is 3.01. The van der Waals surface area contributed by atoms with Crippen molar-refractivity contribution in [3.63, 3.8) is 0 Å². The van der Waals surface area contributed by atoms with E-state index in [0.29, 0.717) is 12.0 Å². The molecule has 7 heteroatoms. The summed E-state index contributed by atoms with van der Waals surface area (Å²) in [6.07, 6.45) is 2.88. The van der Waals surface area contributed by atoms with E-state index in [4.69, 9.17) is 16.4 Å². The molecular formula is C15H17BrClN3O2. The number of hydroxylamine groups is 2. The van der Waals surface area contributed by atoms with Gasteiger partial charge in [0.05, 0.1) is 24.6 Å². The Morgan fingerprint density at radius 2 is 2.23 bits per heavy atom. The second-order valence-corrected chi connectivity index (χ2v) is 5.98. The third kappa shape index (κ3) is 3.34. The first kappa shape index (κ1) is 17.0. The van der Waals surface area contributed by atoms with Crippen LogP contribution in [-0.4, -0.2) is 35.3 Å². The van der Waals surface area contributed by atoms with Crippen molar-refractivity contribution in [1.82, 2.24) is 15.3 Å². The van der Waals surface area contributed by atoms with Gasteiger partial charge < -0.3 is 0 Å². The number of carbonyl (C=O) groups excluding carboxylic acids is 1. The fraction of sp³-hybridized carbons (Fsp3) is 0.333. The van der Waals surface area contributed by atoms with Crippen LogP contribution in [0, 0.1) is 0 Å². The number of amides is 1. The molecule has 0 aliphatic heterocycles. The molecule has 2 aromatic rings. The lowest BCUT2D eigenvalue weighted by Crippen LogP contribution is -2.26. The van der Waals surface area contributed by atoms with Crippen molar-refractivity contribution in [2.45, 2.75) is 19.8 Å². The minimum absolute atomic E-state index is 0.243. The second-order valence-electron chi connectivity index (χ2n) is 4.78. The summed E-state index contributed by atoms with van der Waals surface area (Å²) in [4.78, 5) is 17.2. The van der Waals surface area contributed by atoms with Gasteiger partial charge in [0.25, 0.3) is 5.91 Å². The van der Waals surface area contributed by atoms with Gasteiger partial charge >= 0.3 is 0 Å². The minimum Gasteiger partial charge on any atom is -0.281 e. The van der Waals surface area contributed by atoms with E-state index in [2.05, 4.69) is 33.1 Å². The van der Waals surface area contributed by atoms with Gasteiger partial charge in [-0.1, -0.05) is 40.5 Å². The summed E-state index contributed by atoms with van der Waals surface area (Å²) in [6, 6.07) is 3.82. The molecule has 0 fully saturated rings. The van der Waals surface area contributed by atoms with Crippen molar-refractivity contribution in [1.29, 1.82) is 0 Å². The highest BCUT2D eigenvalue weighted by Crippen LogP contribution is 2.30. The maximum Gasteiger partial charge on any atom is 0.280 e. The van der Waals surface area contributed by atoms with E-state index in [0.717, 1.165) is 32.7 Å². The Balaban J connectivity index is 2.34. The van der Waals surface area contributed by atoms with E-state index in [-0.39, 0.29) is 5.91 Å². The molecule has 5 nitrogen and oxygen atoms in total. The lowest BCUT2D eigenvalue weighted by molar-refractivity contribution is -0.0757. The van der Waals surface area contributed by atoms with Crippen molar-refractivity contribution >= 4 is 33.4 Å². The highest BCUT2D eigenvalue weighted by atomic mass is 79.9. The molecule has 0 atom stereocenters. The molecule has 1 aromatic carbocycles. The van der Waals surface area contributed by atoms with Crippen LogP contribution in [0.1, 0.15) is 34.1 Å². The van der Waals surface area contributed by atoms with E-state index in [9.17, 15) is 4.79 Å². The molecule has 0 spiro atoms. The minimum atomic E-state index is -0.243. The lowest BCUT2D eigenvalue weighted by Gasteiger charge is -2.14. The van der Waals surface area contributed by atoms with Crippen LogP contribution in [0.2, 0.25) is 5.02 Å². The second kappa shape index (κ2) is 7.26. The number of nitrogens with one attached hydrogen (secondary N) is 1. The smallest absolute Gasteiger partial charge is 0.280 e. The number of aromatic amines is 1. The molecule has 0 bridgehead atoms. The van der Waals surface area contributed by atoms with Crippen LogP contribution in [0.25, 0.3) is 0 Å². The first-order valence-corrected chi connectivity index (χ1v) is 7.96. The number of benzene rings is 1. The molecular weight excluding hydrogens is 370 g/mol. The summed E-state index contributed by atoms with van der Waals surface area (Å²) in [5.74, 6) is -0.243. The largest absolute Gasteiger partial charge is 0.281 e. The number of aromatic nitrogens is 2. The molecule has 0 unspecified atom stereocenters. The van der Waals surface area contributed by atoms with Crippen LogP contribution in [-0.2, 0) is 17.7 Å². The predicted molar refractivity (Wildman–Crippen MR) is 89.0 cm³/mol. The van der Waals surface area contributed by atoms with Gasteiger partial charge in [-0.2, -0.15) is 5.10 Å². The molecule has 0 aliphatic carbocycles. The SMILES string of the molecule is CCc1c(Cl)ccc(Cc2[nH]ncc2C(=O)N(C)OC)c1Br. The quantitative estimate of drug-likeness (QED) is 0.799. The van der Waals surface area contributed by atoms with E-state index in [1.807, 2.05) is 12.1 Å². The summed E-state index contributed by atoms with van der Waals surface area (Å²) >= 11 is 9.80. The molecule has 1 aromatic heterocycles. The first-order valence-electron chi connectivity index (χ1n) is 6.79. The molecule has 2 rings (SSSR count). The van der Waals surface area contributed by atoms with Crippen molar-refractivity contribution in [2.24, 2.45) is 0 Å². The van der Waals surface area contributed by atoms with E-state index in [1.165, 1.54) is 18.4 Å². The van der Waals surface area contributed by atoms with Crippen LogP contribution in [0.3, 0.4) is 0 Å². The van der Waals surface area contributed by atoms with Gasteiger partial charge in [0.15, 0.2) is 0 Å². The number of rotatable bonds is 5. The fourth-order valence-corrected chi connectivity index (χ4v) is 3.35. The Morgan fingerprint density at radius 3 is 2.86 bits per heavy atom. The van der Waals surface area contributed by atoms with Gasteiger partial charge in [-0.15, -0.1) is 0 Å². The number of carbonyl (C=O) groups is 1. The normalized spacial score (nSPS) is 10.8. The zero-order valence-electron chi connectivity index (χ0n) is 12.6. The summed E-state index contributed by atoms with van der Waals surface area (Å²) < 4.78 is 0.968. The number of H-pyrrole nitrogens is 1. The van der Waals surface area contributed by atoms with Crippen molar-refractivity contribution < 1.29 is 9.63 Å². The number of halogens is 2. The topological polar surface area (TPSA) is 58.2 Å². The predicted octanol–water partition coefficient (Wildman–Crippen LogP) is 3.61. The Morgan fingerprint density at radius 1 is 1.50 bits per heavy atom. The summed E-state index contributed by atoms with van der Waals surface area (Å²) in [5.41, 5.74) is 3.32. The average molecular weight is 387 g/mol. The molecule has 1 amide bonds. The maximum absolute atomic E-state index is 12.2. The van der Waals surface area contributed by atoms with Crippen molar-refractivity contribution in [2.75, 3.05) is 14.2 Å². The van der Waals surface area contributed by atoms with Crippen LogP contribution in [0.5, 0.6) is 0 Å². The third-order valence-electron chi connectivity index (χ3n) is 3.50. The third-order valence-corrected chi connectivity index (χ3v) is 4.84. The number of hydrogen-bond acceptors (Lipinski definition) is 3. The first-order chi connectivity index (χ1) is 10.5. The highest BCUT2D eigenvalue weighted by molar-refractivity contribution is 9.10. The number of nitrogens with zero attached hydrogens (tertiary/aromatic N) is 2. The summed E-state index contributed by atoms with van der Waals surface area (Å²) in [5, 5.41) is 8.77. The molecule has 0 radical (unpaired) electrons. The van der Waals surface area contributed by atoms with Crippen LogP contribution in [0.15, 0.2) is 22.8 Å². The van der Waals surface area contributed by atoms with Gasteiger partial charge in [-0.25, -0.2) is 5.06 Å². The average Bonchev–Trinajstić information content (AvgIpc) is 2.97. The Labute approximate surface area is 142 Å². The van der Waals surface area contributed by atoms with Crippen molar-refractivity contribution in [3.05, 3.63) is 50.2 Å². The standard InChI is InChI=1S/C15H17BrClN3O2/c1-4-10-12(17)6-5-9(14(10)16)7-13-11(8-18-19-13)15(21)20(2)22-3/h5-6,8H,4,7H2,1-3H3,(H,18,19). The highest BCUT2D eigenvalue weighted by Gasteiger charge is 2.19. The van der Waals surface area contributed by atoms with Gasteiger partial charge in [0.2, 0.25) is 0 Å². The van der Waals surface area contributed by atoms with Gasteiger partial charge in [0, 0.05) is 23.0 Å². The molecule has 1 N–H and O–H groups in total. The Kier molecular flexibility index (Phi) is 5.61. The van der Waals surface area contributed by atoms with Gasteiger partial charge in [0.1, 0.15) is 0 Å². The van der Waals surface area contributed by atoms with Gasteiger partial charge in [-0.05, 0) is 23.6 Å². The van der Waals surface area contributed by atoms with Crippen LogP contribution >= 0.6 is 27.5 Å².